The van der Waals surface area contributed by atoms with Crippen LogP contribution in [0.3, 0.4) is 0 Å². The number of halogens is 2. The van der Waals surface area contributed by atoms with Crippen molar-refractivity contribution in [2.45, 2.75) is 190 Å². The summed E-state index contributed by atoms with van der Waals surface area (Å²) in [5, 5.41) is 0. The van der Waals surface area contributed by atoms with Gasteiger partial charge in [-0.25, -0.2) is 0 Å². The molecule has 0 aromatic heterocycles. The van der Waals surface area contributed by atoms with Crippen molar-refractivity contribution >= 4 is 0 Å². The van der Waals surface area contributed by atoms with E-state index in [0.29, 0.717) is 0 Å². The van der Waals surface area contributed by atoms with E-state index in [1.165, 1.54) is 188 Å². The van der Waals surface area contributed by atoms with Crippen LogP contribution in [0.15, 0.2) is 6.07 Å². The first-order chi connectivity index (χ1) is 20.6. The molecule has 0 aliphatic rings. The molecule has 1 aromatic carbocycles. The van der Waals surface area contributed by atoms with E-state index in [1.54, 1.807) is 16.7 Å². The summed E-state index contributed by atoms with van der Waals surface area (Å²) in [5.41, 5.74) is 8.03. The van der Waals surface area contributed by atoms with Crippen molar-refractivity contribution in [3.63, 3.8) is 0 Å². The number of aryl methyl sites for hydroxylation is 2. The Morgan fingerprint density at radius 3 is 0.933 bits per heavy atom. The van der Waals surface area contributed by atoms with E-state index in [9.17, 15) is 0 Å². The van der Waals surface area contributed by atoms with Crippen LogP contribution in [0.4, 0.5) is 0 Å². The molecule has 0 amide bonds. The first kappa shape index (κ1) is 46.8. The molecule has 0 fully saturated rings. The van der Waals surface area contributed by atoms with Crippen molar-refractivity contribution in [1.82, 2.24) is 0 Å². The summed E-state index contributed by atoms with van der Waals surface area (Å²) >= 11 is 0. The lowest BCUT2D eigenvalue weighted by Gasteiger charge is -2.38. The molecule has 45 heavy (non-hydrogen) atoms. The zero-order valence-electron chi connectivity index (χ0n) is 32.1. The second-order valence-electron chi connectivity index (χ2n) is 15.2. The molecule has 2 unspecified atom stereocenters. The van der Waals surface area contributed by atoms with E-state index in [-0.39, 0.29) is 24.8 Å². The number of rotatable bonds is 28. The van der Waals surface area contributed by atoms with Gasteiger partial charge in [-0.15, -0.1) is 0 Å². The average Bonchev–Trinajstić information content (AvgIpc) is 2.98. The van der Waals surface area contributed by atoms with Crippen molar-refractivity contribution < 1.29 is 33.8 Å². The maximum Gasteiger partial charge on any atom is 0.105 e. The highest BCUT2D eigenvalue weighted by Crippen LogP contribution is 2.30. The van der Waals surface area contributed by atoms with Crippen LogP contribution < -0.4 is 24.8 Å². The summed E-state index contributed by atoms with van der Waals surface area (Å²) in [6.45, 7) is 24.4. The Morgan fingerprint density at radius 1 is 0.400 bits per heavy atom. The lowest BCUT2D eigenvalue weighted by molar-refractivity contribution is -0.923. The summed E-state index contributed by atoms with van der Waals surface area (Å²) in [4.78, 5) is 0. The molecule has 4 heteroatoms. The second kappa shape index (κ2) is 27.6. The first-order valence-corrected chi connectivity index (χ1v) is 19.4. The fourth-order valence-electron chi connectivity index (χ4n) is 7.45. The highest BCUT2D eigenvalue weighted by molar-refractivity contribution is 5.44. The van der Waals surface area contributed by atoms with Gasteiger partial charge in [0.05, 0.1) is 40.3 Å². The highest BCUT2D eigenvalue weighted by atomic mass is 35.5. The van der Waals surface area contributed by atoms with Crippen LogP contribution >= 0.6 is 0 Å². The summed E-state index contributed by atoms with van der Waals surface area (Å²) < 4.78 is 2.45. The monoisotopic (exact) mass is 671 g/mol. The minimum absolute atomic E-state index is 0. The fraction of sp³-hybridized carbons (Fsp3) is 0.854. The Kier molecular flexibility index (Phi) is 28.8. The summed E-state index contributed by atoms with van der Waals surface area (Å²) in [7, 11) is 5.17. The number of unbranched alkanes of at least 4 members (excludes halogenated alkanes) is 16. The van der Waals surface area contributed by atoms with Gasteiger partial charge in [0.25, 0.3) is 0 Å². The van der Waals surface area contributed by atoms with Gasteiger partial charge >= 0.3 is 0 Å². The number of hydrogen-bond acceptors (Lipinski definition) is 0. The molecule has 1 aromatic rings. The van der Waals surface area contributed by atoms with Gasteiger partial charge in [0, 0.05) is 11.1 Å². The number of nitrogens with zero attached hydrogens (tertiary/aromatic N) is 2. The van der Waals surface area contributed by atoms with Crippen LogP contribution in [0.25, 0.3) is 0 Å². The van der Waals surface area contributed by atoms with Gasteiger partial charge in [0.2, 0.25) is 0 Å². The molecule has 0 N–H and O–H groups in total. The maximum absolute atomic E-state index is 2.59. The van der Waals surface area contributed by atoms with Crippen LogP contribution in [0.1, 0.15) is 184 Å². The van der Waals surface area contributed by atoms with E-state index < -0.39 is 0 Å². The third-order valence-electron chi connectivity index (χ3n) is 10.6. The highest BCUT2D eigenvalue weighted by Gasteiger charge is 2.28. The Morgan fingerprint density at radius 2 is 0.644 bits per heavy atom. The molecule has 2 atom stereocenters. The smallest absolute Gasteiger partial charge is 0.105 e. The summed E-state index contributed by atoms with van der Waals surface area (Å²) in [5.74, 6) is 0. The Bertz CT molecular complexity index is 777. The van der Waals surface area contributed by atoms with E-state index in [2.05, 4.69) is 68.6 Å². The third kappa shape index (κ3) is 20.0. The predicted octanol–water partition coefficient (Wildman–Crippen LogP) is 6.39. The first-order valence-electron chi connectivity index (χ1n) is 19.4. The zero-order valence-corrected chi connectivity index (χ0v) is 33.6. The summed E-state index contributed by atoms with van der Waals surface area (Å²) in [6, 6.07) is 2.55. The number of hydrogen-bond donors (Lipinski definition) is 0. The molecule has 1 rings (SSSR count). The molecule has 0 spiro atoms. The lowest BCUT2D eigenvalue weighted by Crippen LogP contribution is -3.00. The van der Waals surface area contributed by atoms with Gasteiger partial charge in [-0.3, -0.25) is 0 Å². The molecule has 0 saturated carbocycles. The quantitative estimate of drug-likeness (QED) is 0.0716. The molecule has 0 aliphatic heterocycles. The Labute approximate surface area is 296 Å². The van der Waals surface area contributed by atoms with Gasteiger partial charge in [0.1, 0.15) is 13.1 Å². The SMILES string of the molecule is CCCCCCCC[N+](C)(CCCCCC)Cc1c(C)cc(C)c(C[N+](C)(CCCCCC)CCCCCCCC)c1C.[Cl-].[Cl-]. The van der Waals surface area contributed by atoms with Gasteiger partial charge in [-0.2, -0.15) is 0 Å². The molecule has 0 saturated heterocycles. The normalized spacial score (nSPS) is 14.0. The van der Waals surface area contributed by atoms with Crippen molar-refractivity contribution in [1.29, 1.82) is 0 Å². The predicted molar refractivity (Wildman–Crippen MR) is 195 cm³/mol. The van der Waals surface area contributed by atoms with Crippen molar-refractivity contribution in [2.24, 2.45) is 0 Å². The molecule has 268 valence electrons. The Hall–Kier alpha value is -0.280. The molecule has 0 bridgehead atoms. The second-order valence-corrected chi connectivity index (χ2v) is 15.2. The van der Waals surface area contributed by atoms with Crippen molar-refractivity contribution in [3.05, 3.63) is 33.9 Å². The van der Waals surface area contributed by atoms with Gasteiger partial charge < -0.3 is 33.8 Å². The largest absolute Gasteiger partial charge is 1.00 e. The van der Waals surface area contributed by atoms with Crippen LogP contribution in [0.5, 0.6) is 0 Å². The van der Waals surface area contributed by atoms with Crippen LogP contribution in [-0.2, 0) is 13.1 Å². The van der Waals surface area contributed by atoms with Crippen LogP contribution in [0, 0.1) is 20.8 Å². The van der Waals surface area contributed by atoms with Crippen LogP contribution in [-0.4, -0.2) is 49.2 Å². The molecule has 0 aliphatic carbocycles. The fourth-order valence-corrected chi connectivity index (χ4v) is 7.45. The zero-order chi connectivity index (χ0) is 32.0. The maximum atomic E-state index is 2.59. The van der Waals surface area contributed by atoms with E-state index in [4.69, 9.17) is 0 Å². The third-order valence-corrected chi connectivity index (χ3v) is 10.6. The topological polar surface area (TPSA) is 0 Å². The number of quaternary nitrogens is 2. The average molecular weight is 672 g/mol. The van der Waals surface area contributed by atoms with Gasteiger partial charge in [0.15, 0.2) is 0 Å². The van der Waals surface area contributed by atoms with E-state index in [1.807, 2.05) is 0 Å². The van der Waals surface area contributed by atoms with Crippen LogP contribution in [0.2, 0.25) is 0 Å². The van der Waals surface area contributed by atoms with Gasteiger partial charge in [-0.1, -0.05) is 111 Å². The number of benzene rings is 1. The molecular weight excluding hydrogens is 591 g/mol. The van der Waals surface area contributed by atoms with Crippen molar-refractivity contribution in [2.75, 3.05) is 40.3 Å². The molecule has 0 radical (unpaired) electrons. The molecule has 2 nitrogen and oxygen atoms in total. The lowest BCUT2D eigenvalue weighted by atomic mass is 9.91. The summed E-state index contributed by atoms with van der Waals surface area (Å²) in [6.07, 6.45) is 27.7. The minimum Gasteiger partial charge on any atom is -1.00 e. The van der Waals surface area contributed by atoms with E-state index >= 15 is 0 Å². The van der Waals surface area contributed by atoms with Gasteiger partial charge in [-0.05, 0) is 88.8 Å². The standard InChI is InChI=1S/C41H80N2.2ClH/c1-10-14-18-22-24-28-32-42(8,30-26-20-16-12-3)35-40-37(5)34-38(6)41(39(40)7)36-43(9,31-27-21-17-13-4)33-29-25-23-19-15-11-2;;/h34H,10-33,35-36H2,1-9H3;2*1H/q+2;;/p-2. The Balaban J connectivity index is 0. The van der Waals surface area contributed by atoms with Crippen molar-refractivity contribution in [3.8, 4) is 0 Å². The van der Waals surface area contributed by atoms with E-state index in [0.717, 1.165) is 0 Å². The molecular formula is C41H80Cl2N2. The molecule has 0 heterocycles. The minimum atomic E-state index is 0.